The Morgan fingerprint density at radius 2 is 1.91 bits per heavy atom. The van der Waals surface area contributed by atoms with Crippen molar-refractivity contribution in [2.45, 2.75) is 13.8 Å². The van der Waals surface area contributed by atoms with Crippen molar-refractivity contribution in [2.75, 3.05) is 13.1 Å². The average Bonchev–Trinajstić information content (AvgIpc) is 2.83. The van der Waals surface area contributed by atoms with Crippen molar-refractivity contribution >= 4 is 39.7 Å². The number of fused-ring (bicyclic) bond motifs is 1. The van der Waals surface area contributed by atoms with Crippen LogP contribution in [0.2, 0.25) is 0 Å². The Balaban J connectivity index is 2.04. The summed E-state index contributed by atoms with van der Waals surface area (Å²) in [6.07, 6.45) is 1.98. The van der Waals surface area contributed by atoms with Gasteiger partial charge in [0.15, 0.2) is 5.17 Å². The molecule has 2 aromatic rings. The largest absolute Gasteiger partial charge is 0.287 e. The second kappa shape index (κ2) is 6.36. The molecule has 4 heteroatoms. The Hall–Kier alpha value is -2.07. The number of benzene rings is 2. The molecule has 1 fully saturated rings. The first kappa shape index (κ1) is 14.9. The van der Waals surface area contributed by atoms with Gasteiger partial charge in [0.05, 0.1) is 4.91 Å². The van der Waals surface area contributed by atoms with E-state index in [-0.39, 0.29) is 5.91 Å². The van der Waals surface area contributed by atoms with Crippen LogP contribution in [0.4, 0.5) is 0 Å². The maximum Gasteiger partial charge on any atom is 0.266 e. The SMILES string of the molecule is CCN=C1S/C(=C/c2cccc3ccccc23)C(=O)N1CC. The molecule has 1 aliphatic rings. The molecule has 22 heavy (non-hydrogen) atoms. The van der Waals surface area contributed by atoms with Gasteiger partial charge in [0.1, 0.15) is 0 Å². The summed E-state index contributed by atoms with van der Waals surface area (Å²) in [7, 11) is 0. The highest BCUT2D eigenvalue weighted by Gasteiger charge is 2.31. The number of amides is 1. The van der Waals surface area contributed by atoms with E-state index in [2.05, 4.69) is 29.3 Å². The predicted molar refractivity (Wildman–Crippen MR) is 94.9 cm³/mol. The monoisotopic (exact) mass is 310 g/mol. The molecular weight excluding hydrogens is 292 g/mol. The number of nitrogens with zero attached hydrogens (tertiary/aromatic N) is 2. The van der Waals surface area contributed by atoms with Crippen LogP contribution < -0.4 is 0 Å². The summed E-state index contributed by atoms with van der Waals surface area (Å²) >= 11 is 1.47. The molecule has 0 aromatic heterocycles. The number of likely N-dealkylation sites (N-methyl/N-ethyl adjacent to an activating group) is 1. The van der Waals surface area contributed by atoms with Crippen molar-refractivity contribution in [1.29, 1.82) is 0 Å². The normalized spacial score (nSPS) is 18.8. The number of rotatable bonds is 3. The van der Waals surface area contributed by atoms with E-state index < -0.39 is 0 Å². The lowest BCUT2D eigenvalue weighted by atomic mass is 10.0. The molecule has 0 radical (unpaired) electrons. The molecule has 0 saturated carbocycles. The first-order valence-corrected chi connectivity index (χ1v) is 8.30. The van der Waals surface area contributed by atoms with Gasteiger partial charge in [-0.15, -0.1) is 0 Å². The van der Waals surface area contributed by atoms with Crippen LogP contribution in [0.3, 0.4) is 0 Å². The van der Waals surface area contributed by atoms with Gasteiger partial charge in [0, 0.05) is 13.1 Å². The van der Waals surface area contributed by atoms with Crippen LogP contribution >= 0.6 is 11.8 Å². The summed E-state index contributed by atoms with van der Waals surface area (Å²) in [5.41, 5.74) is 1.07. The molecule has 0 unspecified atom stereocenters. The Labute approximate surface area is 134 Å². The van der Waals surface area contributed by atoms with Gasteiger partial charge in [0.25, 0.3) is 5.91 Å². The summed E-state index contributed by atoms with van der Waals surface area (Å²) in [6.45, 7) is 5.30. The molecule has 0 aliphatic carbocycles. The van der Waals surface area contributed by atoms with E-state index >= 15 is 0 Å². The van der Waals surface area contributed by atoms with Crippen molar-refractivity contribution in [3.05, 3.63) is 52.9 Å². The minimum Gasteiger partial charge on any atom is -0.287 e. The average molecular weight is 310 g/mol. The predicted octanol–water partition coefficient (Wildman–Crippen LogP) is 4.15. The zero-order chi connectivity index (χ0) is 15.5. The van der Waals surface area contributed by atoms with Gasteiger partial charge in [0.2, 0.25) is 0 Å². The number of hydrogen-bond acceptors (Lipinski definition) is 3. The minimum absolute atomic E-state index is 0.0487. The Bertz CT molecular complexity index is 774. The maximum atomic E-state index is 12.5. The highest BCUT2D eigenvalue weighted by Crippen LogP contribution is 2.33. The number of hydrogen-bond donors (Lipinski definition) is 0. The number of aliphatic imine (C=N–C) groups is 1. The molecule has 1 amide bonds. The molecular formula is C18H18N2OS. The second-order valence-corrected chi connectivity index (χ2v) is 5.99. The lowest BCUT2D eigenvalue weighted by Gasteiger charge is -2.11. The fourth-order valence-electron chi connectivity index (χ4n) is 2.56. The molecule has 3 rings (SSSR count). The molecule has 0 bridgehead atoms. The van der Waals surface area contributed by atoms with Gasteiger partial charge in [-0.3, -0.25) is 14.7 Å². The third kappa shape index (κ3) is 2.66. The van der Waals surface area contributed by atoms with Crippen LogP contribution in [0.1, 0.15) is 19.4 Å². The van der Waals surface area contributed by atoms with E-state index in [1.807, 2.05) is 38.1 Å². The quantitative estimate of drug-likeness (QED) is 0.798. The van der Waals surface area contributed by atoms with Gasteiger partial charge in [-0.1, -0.05) is 42.5 Å². The molecule has 2 aromatic carbocycles. The van der Waals surface area contributed by atoms with Crippen molar-refractivity contribution in [3.63, 3.8) is 0 Å². The third-order valence-electron chi connectivity index (χ3n) is 3.61. The molecule has 112 valence electrons. The van der Waals surface area contributed by atoms with Crippen LogP contribution in [-0.2, 0) is 4.79 Å². The Morgan fingerprint density at radius 3 is 2.68 bits per heavy atom. The van der Waals surface area contributed by atoms with Gasteiger partial charge in [-0.05, 0) is 48.0 Å². The first-order chi connectivity index (χ1) is 10.7. The van der Waals surface area contributed by atoms with Crippen LogP contribution in [0.5, 0.6) is 0 Å². The second-order valence-electron chi connectivity index (χ2n) is 4.99. The standard InChI is InChI=1S/C18H18N2OS/c1-3-19-18-20(4-2)17(21)16(22-18)12-14-10-7-9-13-8-5-6-11-15(13)14/h5-12H,3-4H2,1-2H3/b16-12+,19-18?. The molecule has 1 aliphatic heterocycles. The summed E-state index contributed by atoms with van der Waals surface area (Å²) in [5.74, 6) is 0.0487. The zero-order valence-corrected chi connectivity index (χ0v) is 13.6. The minimum atomic E-state index is 0.0487. The highest BCUT2D eigenvalue weighted by molar-refractivity contribution is 8.18. The highest BCUT2D eigenvalue weighted by atomic mass is 32.2. The summed E-state index contributed by atoms with van der Waals surface area (Å²) < 4.78 is 0. The Morgan fingerprint density at radius 1 is 1.14 bits per heavy atom. The first-order valence-electron chi connectivity index (χ1n) is 7.48. The number of carbonyl (C=O) groups is 1. The fraction of sp³-hybridized carbons (Fsp3) is 0.222. The number of carbonyl (C=O) groups excluding carboxylic acids is 1. The van der Waals surface area contributed by atoms with Crippen LogP contribution in [-0.4, -0.2) is 29.1 Å². The summed E-state index contributed by atoms with van der Waals surface area (Å²) in [4.78, 5) is 19.4. The zero-order valence-electron chi connectivity index (χ0n) is 12.7. The molecule has 0 N–H and O–H groups in total. The maximum absolute atomic E-state index is 12.5. The van der Waals surface area contributed by atoms with Crippen molar-refractivity contribution < 1.29 is 4.79 Å². The van der Waals surface area contributed by atoms with Crippen LogP contribution in [0.25, 0.3) is 16.8 Å². The fourth-order valence-corrected chi connectivity index (χ4v) is 3.65. The van der Waals surface area contributed by atoms with Gasteiger partial charge >= 0.3 is 0 Å². The van der Waals surface area contributed by atoms with Crippen LogP contribution in [0, 0.1) is 0 Å². The van der Waals surface area contributed by atoms with Gasteiger partial charge < -0.3 is 0 Å². The van der Waals surface area contributed by atoms with E-state index in [1.54, 1.807) is 4.90 Å². The van der Waals surface area contributed by atoms with Gasteiger partial charge in [-0.2, -0.15) is 0 Å². The topological polar surface area (TPSA) is 32.7 Å². The molecule has 3 nitrogen and oxygen atoms in total. The van der Waals surface area contributed by atoms with E-state index in [0.717, 1.165) is 21.0 Å². The van der Waals surface area contributed by atoms with Gasteiger partial charge in [-0.25, -0.2) is 0 Å². The molecule has 1 saturated heterocycles. The number of amidine groups is 1. The Kier molecular flexibility index (Phi) is 4.29. The van der Waals surface area contributed by atoms with E-state index in [1.165, 1.54) is 17.1 Å². The summed E-state index contributed by atoms with van der Waals surface area (Å²) in [5, 5.41) is 3.15. The van der Waals surface area contributed by atoms with Crippen molar-refractivity contribution in [2.24, 2.45) is 4.99 Å². The lowest BCUT2D eigenvalue weighted by molar-refractivity contribution is -0.122. The molecule has 0 atom stereocenters. The molecule has 0 spiro atoms. The lowest BCUT2D eigenvalue weighted by Crippen LogP contribution is -2.28. The third-order valence-corrected chi connectivity index (χ3v) is 4.65. The van der Waals surface area contributed by atoms with E-state index in [4.69, 9.17) is 0 Å². The van der Waals surface area contributed by atoms with E-state index in [0.29, 0.717) is 13.1 Å². The van der Waals surface area contributed by atoms with Crippen molar-refractivity contribution in [3.8, 4) is 0 Å². The summed E-state index contributed by atoms with van der Waals surface area (Å²) in [6, 6.07) is 14.4. The smallest absolute Gasteiger partial charge is 0.266 e. The van der Waals surface area contributed by atoms with E-state index in [9.17, 15) is 4.79 Å². The molecule has 1 heterocycles. The number of thioether (sulfide) groups is 1. The van der Waals surface area contributed by atoms with Crippen molar-refractivity contribution in [1.82, 2.24) is 4.90 Å². The van der Waals surface area contributed by atoms with Crippen LogP contribution in [0.15, 0.2) is 52.4 Å².